The fourth-order valence-corrected chi connectivity index (χ4v) is 2.40. The second-order valence-electron chi connectivity index (χ2n) is 5.17. The number of aromatic hydroxyl groups is 1. The lowest BCUT2D eigenvalue weighted by Crippen LogP contribution is -2.10. The molecule has 0 aliphatic carbocycles. The predicted molar refractivity (Wildman–Crippen MR) is 90.4 cm³/mol. The number of hydrogen-bond donors (Lipinski definition) is 1. The Hall–Kier alpha value is -2.40. The molecule has 1 N–H and O–H groups in total. The Morgan fingerprint density at radius 2 is 1.92 bits per heavy atom. The van der Waals surface area contributed by atoms with Crippen molar-refractivity contribution in [2.75, 3.05) is 6.61 Å². The van der Waals surface area contributed by atoms with Gasteiger partial charge in [-0.3, -0.25) is 9.59 Å². The summed E-state index contributed by atoms with van der Waals surface area (Å²) < 4.78 is 4.79. The third-order valence-electron chi connectivity index (χ3n) is 3.39. The highest BCUT2D eigenvalue weighted by molar-refractivity contribution is 6.31. The van der Waals surface area contributed by atoms with Crippen LogP contribution in [0.4, 0.5) is 0 Å². The number of Topliss-reactive ketones (excluding diaryl/α,β-unsaturated/α-hetero) is 1. The summed E-state index contributed by atoms with van der Waals surface area (Å²) in [5.74, 6) is -1.05. The number of hydrogen-bond acceptors (Lipinski definition) is 5. The van der Waals surface area contributed by atoms with Crippen LogP contribution in [0.25, 0.3) is 0 Å². The van der Waals surface area contributed by atoms with E-state index in [1.54, 1.807) is 19.1 Å². The van der Waals surface area contributed by atoms with Crippen LogP contribution in [-0.2, 0) is 16.0 Å². The molecule has 0 fully saturated rings. The fraction of sp³-hybridized carbons (Fsp3) is 0.278. The van der Waals surface area contributed by atoms with E-state index in [1.807, 2.05) is 18.2 Å². The van der Waals surface area contributed by atoms with Crippen molar-refractivity contribution in [2.24, 2.45) is 0 Å². The third-order valence-corrected chi connectivity index (χ3v) is 3.76. The molecule has 0 bridgehead atoms. The van der Waals surface area contributed by atoms with Crippen LogP contribution in [0, 0.1) is 0 Å². The first-order valence-electron chi connectivity index (χ1n) is 7.62. The van der Waals surface area contributed by atoms with E-state index >= 15 is 0 Å². The van der Waals surface area contributed by atoms with Crippen molar-refractivity contribution in [3.63, 3.8) is 0 Å². The van der Waals surface area contributed by atoms with Crippen molar-refractivity contribution in [3.05, 3.63) is 58.4 Å². The lowest BCUT2D eigenvalue weighted by Gasteiger charge is -2.08. The van der Waals surface area contributed by atoms with Crippen LogP contribution in [0.1, 0.15) is 41.5 Å². The number of ether oxygens (including phenoxy) is 1. The van der Waals surface area contributed by atoms with Crippen molar-refractivity contribution < 1.29 is 19.4 Å². The topological polar surface area (TPSA) is 76.5 Å². The molecule has 0 unspecified atom stereocenters. The number of benzene rings is 1. The standard InChI is InChI=1S/C18H18ClNO4/c1-2-24-17(23)10-9-16(22)18-15(21)8-7-13(20-18)11-12-5-3-4-6-14(12)19/h3-8,21H,2,9-11H2,1H3. The molecule has 24 heavy (non-hydrogen) atoms. The van der Waals surface area contributed by atoms with Gasteiger partial charge in [-0.25, -0.2) is 4.98 Å². The van der Waals surface area contributed by atoms with Gasteiger partial charge in [0.25, 0.3) is 0 Å². The van der Waals surface area contributed by atoms with Crippen molar-refractivity contribution in [3.8, 4) is 5.75 Å². The molecular formula is C18H18ClNO4. The normalized spacial score (nSPS) is 10.4. The summed E-state index contributed by atoms with van der Waals surface area (Å²) in [4.78, 5) is 27.7. The number of halogens is 1. The maximum Gasteiger partial charge on any atom is 0.306 e. The highest BCUT2D eigenvalue weighted by Gasteiger charge is 2.16. The van der Waals surface area contributed by atoms with E-state index in [-0.39, 0.29) is 30.9 Å². The Kier molecular flexibility index (Phi) is 6.32. The average molecular weight is 348 g/mol. The number of aromatic nitrogens is 1. The maximum atomic E-state index is 12.2. The molecule has 0 atom stereocenters. The summed E-state index contributed by atoms with van der Waals surface area (Å²) in [6, 6.07) is 10.4. The van der Waals surface area contributed by atoms with Crippen molar-refractivity contribution >= 4 is 23.4 Å². The summed E-state index contributed by atoms with van der Waals surface area (Å²) in [6.45, 7) is 1.97. The molecule has 126 valence electrons. The smallest absolute Gasteiger partial charge is 0.306 e. The van der Waals surface area contributed by atoms with Crippen molar-refractivity contribution in [2.45, 2.75) is 26.2 Å². The van der Waals surface area contributed by atoms with E-state index in [0.29, 0.717) is 17.1 Å². The predicted octanol–water partition coefficient (Wildman–Crippen LogP) is 3.56. The van der Waals surface area contributed by atoms with E-state index in [0.717, 1.165) is 5.56 Å². The number of pyridine rings is 1. The van der Waals surface area contributed by atoms with Gasteiger partial charge in [0.1, 0.15) is 11.4 Å². The molecule has 6 heteroatoms. The van der Waals surface area contributed by atoms with Gasteiger partial charge >= 0.3 is 5.97 Å². The number of carbonyl (C=O) groups excluding carboxylic acids is 2. The van der Waals surface area contributed by atoms with E-state index < -0.39 is 11.8 Å². The summed E-state index contributed by atoms with van der Waals surface area (Å²) in [6.07, 6.45) is 0.343. The minimum absolute atomic E-state index is 0.0381. The molecule has 0 aliphatic rings. The Balaban J connectivity index is 2.12. The molecule has 0 radical (unpaired) electrons. The molecule has 0 spiro atoms. The van der Waals surface area contributed by atoms with Crippen LogP contribution in [0.5, 0.6) is 5.75 Å². The van der Waals surface area contributed by atoms with Crippen LogP contribution >= 0.6 is 11.6 Å². The number of nitrogens with zero attached hydrogens (tertiary/aromatic N) is 1. The highest BCUT2D eigenvalue weighted by Crippen LogP contribution is 2.22. The quantitative estimate of drug-likeness (QED) is 0.612. The van der Waals surface area contributed by atoms with Crippen LogP contribution in [0.3, 0.4) is 0 Å². The minimum atomic E-state index is -0.447. The second-order valence-corrected chi connectivity index (χ2v) is 5.57. The second kappa shape index (κ2) is 8.45. The minimum Gasteiger partial charge on any atom is -0.506 e. The van der Waals surface area contributed by atoms with Crippen LogP contribution in [0.15, 0.2) is 36.4 Å². The highest BCUT2D eigenvalue weighted by atomic mass is 35.5. The van der Waals surface area contributed by atoms with Crippen molar-refractivity contribution in [1.82, 2.24) is 4.98 Å². The molecule has 2 rings (SSSR count). The lowest BCUT2D eigenvalue weighted by molar-refractivity contribution is -0.143. The van der Waals surface area contributed by atoms with Gasteiger partial charge < -0.3 is 9.84 Å². The molecule has 2 aromatic rings. The van der Waals surface area contributed by atoms with Gasteiger partial charge in [-0.2, -0.15) is 0 Å². The van der Waals surface area contributed by atoms with Gasteiger partial charge in [0.2, 0.25) is 0 Å². The summed E-state index contributed by atoms with van der Waals surface area (Å²) in [7, 11) is 0. The Labute approximate surface area is 145 Å². The molecule has 1 aromatic heterocycles. The number of carbonyl (C=O) groups is 2. The first-order valence-corrected chi connectivity index (χ1v) is 8.00. The molecule has 5 nitrogen and oxygen atoms in total. The van der Waals surface area contributed by atoms with Gasteiger partial charge in [0.15, 0.2) is 5.78 Å². The monoisotopic (exact) mass is 347 g/mol. The summed E-state index contributed by atoms with van der Waals surface area (Å²) >= 11 is 6.13. The fourth-order valence-electron chi connectivity index (χ4n) is 2.20. The van der Waals surface area contributed by atoms with E-state index in [9.17, 15) is 14.7 Å². The molecule has 0 saturated heterocycles. The van der Waals surface area contributed by atoms with Gasteiger partial charge in [0, 0.05) is 23.6 Å². The largest absolute Gasteiger partial charge is 0.506 e. The first-order chi connectivity index (χ1) is 11.5. The molecule has 0 aliphatic heterocycles. The first kappa shape index (κ1) is 17.9. The lowest BCUT2D eigenvalue weighted by atomic mass is 10.1. The zero-order chi connectivity index (χ0) is 17.5. The third kappa shape index (κ3) is 4.80. The van der Waals surface area contributed by atoms with Gasteiger partial charge in [-0.05, 0) is 30.7 Å². The Morgan fingerprint density at radius 3 is 2.62 bits per heavy atom. The van der Waals surface area contributed by atoms with Crippen molar-refractivity contribution in [1.29, 1.82) is 0 Å². The van der Waals surface area contributed by atoms with Gasteiger partial charge in [0.05, 0.1) is 13.0 Å². The number of esters is 1. The van der Waals surface area contributed by atoms with Gasteiger partial charge in [-0.15, -0.1) is 0 Å². The molecule has 0 amide bonds. The van der Waals surface area contributed by atoms with E-state index in [4.69, 9.17) is 16.3 Å². The molecule has 0 saturated carbocycles. The Morgan fingerprint density at radius 1 is 1.17 bits per heavy atom. The maximum absolute atomic E-state index is 12.2. The zero-order valence-electron chi connectivity index (χ0n) is 13.3. The van der Waals surface area contributed by atoms with Gasteiger partial charge in [-0.1, -0.05) is 29.8 Å². The molecule has 1 heterocycles. The molecule has 1 aromatic carbocycles. The number of ketones is 1. The van der Waals surface area contributed by atoms with E-state index in [1.165, 1.54) is 6.07 Å². The summed E-state index contributed by atoms with van der Waals surface area (Å²) in [5.41, 5.74) is 1.45. The Bertz CT molecular complexity index is 746. The van der Waals surface area contributed by atoms with Crippen LogP contribution in [-0.4, -0.2) is 28.4 Å². The SMILES string of the molecule is CCOC(=O)CCC(=O)c1nc(Cc2ccccc2Cl)ccc1O. The van der Waals surface area contributed by atoms with E-state index in [2.05, 4.69) is 4.98 Å². The number of rotatable bonds is 7. The zero-order valence-corrected chi connectivity index (χ0v) is 14.0. The molecular weight excluding hydrogens is 330 g/mol. The average Bonchev–Trinajstić information content (AvgIpc) is 2.56. The van der Waals surface area contributed by atoms with Crippen LogP contribution < -0.4 is 0 Å². The van der Waals surface area contributed by atoms with Crippen LogP contribution in [0.2, 0.25) is 5.02 Å². The summed E-state index contributed by atoms with van der Waals surface area (Å²) in [5, 5.41) is 10.5.